The van der Waals surface area contributed by atoms with E-state index < -0.39 is 6.10 Å². The quantitative estimate of drug-likeness (QED) is 0.794. The molecule has 3 aromatic rings. The highest BCUT2D eigenvalue weighted by molar-refractivity contribution is 5.81. The van der Waals surface area contributed by atoms with E-state index in [4.69, 9.17) is 0 Å². The minimum Gasteiger partial charge on any atom is -0.387 e. The molecule has 5 heteroatoms. The van der Waals surface area contributed by atoms with E-state index in [1.807, 2.05) is 19.2 Å². The lowest BCUT2D eigenvalue weighted by Gasteiger charge is -2.20. The van der Waals surface area contributed by atoms with Crippen molar-refractivity contribution >= 4 is 10.9 Å². The van der Waals surface area contributed by atoms with Crippen LogP contribution >= 0.6 is 0 Å². The van der Waals surface area contributed by atoms with Crippen LogP contribution in [0.25, 0.3) is 10.9 Å². The Morgan fingerprint density at radius 3 is 2.96 bits per heavy atom. The number of benzene rings is 1. The van der Waals surface area contributed by atoms with Crippen molar-refractivity contribution in [2.75, 3.05) is 6.54 Å². The number of hydrogen-bond acceptors (Lipinski definition) is 4. The van der Waals surface area contributed by atoms with E-state index in [-0.39, 0.29) is 0 Å². The summed E-state index contributed by atoms with van der Waals surface area (Å²) in [6, 6.07) is 12.5. The van der Waals surface area contributed by atoms with Crippen LogP contribution in [0.15, 0.2) is 42.6 Å². The fourth-order valence-electron chi connectivity index (χ4n) is 3.59. The highest BCUT2D eigenvalue weighted by Crippen LogP contribution is 2.23. The second-order valence-electron chi connectivity index (χ2n) is 6.76. The summed E-state index contributed by atoms with van der Waals surface area (Å²) in [6.45, 7) is 5.71. The van der Waals surface area contributed by atoms with Crippen LogP contribution in [0, 0.1) is 0 Å². The molecule has 0 saturated carbocycles. The molecule has 3 heterocycles. The minimum absolute atomic E-state index is 0.461. The summed E-state index contributed by atoms with van der Waals surface area (Å²) in [5, 5.41) is 15.9. The topological polar surface area (TPSA) is 54.2 Å². The molecule has 0 fully saturated rings. The first kappa shape index (κ1) is 16.2. The van der Waals surface area contributed by atoms with Crippen molar-refractivity contribution in [2.24, 2.45) is 0 Å². The van der Waals surface area contributed by atoms with Gasteiger partial charge >= 0.3 is 0 Å². The van der Waals surface area contributed by atoms with Gasteiger partial charge in [-0.25, -0.2) is 0 Å². The Bertz CT molecular complexity index is 868. The maximum absolute atomic E-state index is 10.1. The zero-order valence-electron chi connectivity index (χ0n) is 14.6. The highest BCUT2D eigenvalue weighted by Gasteiger charge is 2.19. The molecule has 0 radical (unpaired) electrons. The van der Waals surface area contributed by atoms with E-state index >= 15 is 0 Å². The van der Waals surface area contributed by atoms with E-state index in [1.54, 1.807) is 0 Å². The number of aromatic nitrogens is 3. The standard InChI is InChI=1S/C20H24N4O/c1-2-20(25)19-12-16-14-23(10-5-11-24(16)22-19)13-15-8-9-21-18-7-4-3-6-17(15)18/h3-4,6-9,12,20,25H,2,5,10-11,13-14H2,1H3. The van der Waals surface area contributed by atoms with Crippen molar-refractivity contribution in [3.63, 3.8) is 0 Å². The van der Waals surface area contributed by atoms with Crippen LogP contribution in [0.5, 0.6) is 0 Å². The third-order valence-electron chi connectivity index (χ3n) is 4.97. The van der Waals surface area contributed by atoms with Gasteiger partial charge < -0.3 is 5.11 Å². The number of aryl methyl sites for hydroxylation is 1. The molecule has 5 nitrogen and oxygen atoms in total. The van der Waals surface area contributed by atoms with E-state index in [1.165, 1.54) is 16.6 Å². The Labute approximate surface area is 147 Å². The summed E-state index contributed by atoms with van der Waals surface area (Å²) >= 11 is 0. The molecule has 4 rings (SSSR count). The lowest BCUT2D eigenvalue weighted by atomic mass is 10.1. The Morgan fingerprint density at radius 1 is 1.20 bits per heavy atom. The van der Waals surface area contributed by atoms with Gasteiger partial charge in [0.15, 0.2) is 0 Å². The molecule has 0 saturated heterocycles. The minimum atomic E-state index is -0.461. The summed E-state index contributed by atoms with van der Waals surface area (Å²) in [7, 11) is 0. The third kappa shape index (κ3) is 3.30. The van der Waals surface area contributed by atoms with Crippen LogP contribution < -0.4 is 0 Å². The number of nitrogens with zero attached hydrogens (tertiary/aromatic N) is 4. The van der Waals surface area contributed by atoms with E-state index in [2.05, 4.69) is 50.0 Å². The van der Waals surface area contributed by atoms with Crippen LogP contribution in [0.1, 0.15) is 42.8 Å². The van der Waals surface area contributed by atoms with Crippen molar-refractivity contribution in [1.82, 2.24) is 19.7 Å². The van der Waals surface area contributed by atoms with E-state index in [9.17, 15) is 5.11 Å². The lowest BCUT2D eigenvalue weighted by Crippen LogP contribution is -2.23. The molecule has 130 valence electrons. The SMILES string of the molecule is CCC(O)c1cc2n(n1)CCCN(Cc1ccnc3ccccc13)C2. The van der Waals surface area contributed by atoms with Crippen molar-refractivity contribution in [3.05, 3.63) is 59.5 Å². The van der Waals surface area contributed by atoms with Gasteiger partial charge in [0.1, 0.15) is 0 Å². The van der Waals surface area contributed by atoms with Gasteiger partial charge in [0.2, 0.25) is 0 Å². The van der Waals surface area contributed by atoms with Gasteiger partial charge in [-0.15, -0.1) is 0 Å². The van der Waals surface area contributed by atoms with Gasteiger partial charge in [0.05, 0.1) is 23.0 Å². The first-order valence-electron chi connectivity index (χ1n) is 9.04. The molecule has 0 bridgehead atoms. The van der Waals surface area contributed by atoms with E-state index in [0.29, 0.717) is 6.42 Å². The van der Waals surface area contributed by atoms with Gasteiger partial charge in [-0.3, -0.25) is 14.6 Å². The van der Waals surface area contributed by atoms with Crippen LogP contribution in [0.2, 0.25) is 0 Å². The molecule has 1 aromatic carbocycles. The zero-order valence-corrected chi connectivity index (χ0v) is 14.6. The number of para-hydroxylation sites is 1. The van der Waals surface area contributed by atoms with Gasteiger partial charge in [-0.2, -0.15) is 5.10 Å². The van der Waals surface area contributed by atoms with Crippen molar-refractivity contribution < 1.29 is 5.11 Å². The molecule has 1 atom stereocenters. The molecule has 1 aliphatic heterocycles. The number of fused-ring (bicyclic) bond motifs is 2. The lowest BCUT2D eigenvalue weighted by molar-refractivity contribution is 0.167. The zero-order chi connectivity index (χ0) is 17.2. The molecule has 1 unspecified atom stereocenters. The summed E-state index contributed by atoms with van der Waals surface area (Å²) in [5.74, 6) is 0. The number of pyridine rings is 1. The molecule has 0 aliphatic carbocycles. The molecular formula is C20H24N4O. The second-order valence-corrected chi connectivity index (χ2v) is 6.76. The first-order valence-corrected chi connectivity index (χ1v) is 9.04. The van der Waals surface area contributed by atoms with Gasteiger partial charge in [-0.05, 0) is 36.6 Å². The average molecular weight is 336 g/mol. The predicted octanol–water partition coefficient (Wildman–Crippen LogP) is 3.28. The molecular weight excluding hydrogens is 312 g/mol. The Kier molecular flexibility index (Phi) is 4.51. The Balaban J connectivity index is 1.58. The third-order valence-corrected chi connectivity index (χ3v) is 4.97. The molecule has 25 heavy (non-hydrogen) atoms. The Morgan fingerprint density at radius 2 is 2.08 bits per heavy atom. The van der Waals surface area contributed by atoms with Crippen molar-refractivity contribution in [2.45, 2.75) is 45.5 Å². The molecule has 1 N–H and O–H groups in total. The van der Waals surface area contributed by atoms with Gasteiger partial charge in [-0.1, -0.05) is 25.1 Å². The van der Waals surface area contributed by atoms with E-state index in [0.717, 1.165) is 43.8 Å². The molecule has 1 aliphatic rings. The first-order chi connectivity index (χ1) is 12.2. The Hall–Kier alpha value is -2.24. The van der Waals surface area contributed by atoms with Crippen molar-refractivity contribution in [3.8, 4) is 0 Å². The monoisotopic (exact) mass is 336 g/mol. The van der Waals surface area contributed by atoms with Crippen LogP contribution in [0.4, 0.5) is 0 Å². The molecule has 2 aromatic heterocycles. The highest BCUT2D eigenvalue weighted by atomic mass is 16.3. The molecule has 0 amide bonds. The maximum Gasteiger partial charge on any atom is 0.0975 e. The average Bonchev–Trinajstić information content (AvgIpc) is 2.94. The number of aliphatic hydroxyl groups excluding tert-OH is 1. The number of rotatable bonds is 4. The number of hydrogen-bond donors (Lipinski definition) is 1. The fourth-order valence-corrected chi connectivity index (χ4v) is 3.59. The summed E-state index contributed by atoms with van der Waals surface area (Å²) in [4.78, 5) is 6.92. The van der Waals surface area contributed by atoms with Gasteiger partial charge in [0.25, 0.3) is 0 Å². The summed E-state index contributed by atoms with van der Waals surface area (Å²) in [6.07, 6.45) is 3.20. The molecule has 0 spiro atoms. The van der Waals surface area contributed by atoms with Crippen LogP contribution in [0.3, 0.4) is 0 Å². The normalized spacial score (nSPS) is 16.6. The maximum atomic E-state index is 10.1. The van der Waals surface area contributed by atoms with Crippen LogP contribution in [-0.4, -0.2) is 31.3 Å². The second kappa shape index (κ2) is 6.94. The van der Waals surface area contributed by atoms with Gasteiger partial charge in [0, 0.05) is 37.8 Å². The predicted molar refractivity (Wildman–Crippen MR) is 98.0 cm³/mol. The largest absolute Gasteiger partial charge is 0.387 e. The van der Waals surface area contributed by atoms with Crippen LogP contribution in [-0.2, 0) is 19.6 Å². The number of aliphatic hydroxyl groups is 1. The smallest absolute Gasteiger partial charge is 0.0975 e. The fraction of sp³-hybridized carbons (Fsp3) is 0.400. The van der Waals surface area contributed by atoms with Crippen molar-refractivity contribution in [1.29, 1.82) is 0 Å². The summed E-state index contributed by atoms with van der Waals surface area (Å²) < 4.78 is 2.07. The summed E-state index contributed by atoms with van der Waals surface area (Å²) in [5.41, 5.74) is 4.35.